The summed E-state index contributed by atoms with van der Waals surface area (Å²) in [4.78, 5) is 19.3. The van der Waals surface area contributed by atoms with Crippen LogP contribution in [0.1, 0.15) is 30.4 Å². The molecule has 4 heteroatoms. The average molecular weight is 189 g/mol. The Kier molecular flexibility index (Phi) is 3.74. The van der Waals surface area contributed by atoms with E-state index in [1.165, 1.54) is 12.4 Å². The normalized spacial score (nSPS) is 11.7. The fourth-order valence-electron chi connectivity index (χ4n) is 1.13. The molecule has 1 aromatic rings. The van der Waals surface area contributed by atoms with E-state index in [0.717, 1.165) is 6.42 Å². The van der Waals surface area contributed by atoms with Gasteiger partial charge < -0.3 is 0 Å². The van der Waals surface area contributed by atoms with Crippen LogP contribution in [0.3, 0.4) is 0 Å². The maximum atomic E-state index is 11.6. The van der Waals surface area contributed by atoms with Gasteiger partial charge in [0.2, 0.25) is 5.78 Å². The quantitative estimate of drug-likeness (QED) is 0.674. The number of aromatic nitrogens is 2. The number of carbonyl (C=O) groups excluding carboxylic acids is 1. The van der Waals surface area contributed by atoms with Gasteiger partial charge in [0.15, 0.2) is 5.82 Å². The average Bonchev–Trinajstić information content (AvgIpc) is 2.26. The number of ketones is 1. The fraction of sp³-hybridized carbons (Fsp3) is 0.400. The molecule has 0 aliphatic rings. The van der Waals surface area contributed by atoms with Crippen molar-refractivity contribution in [3.63, 3.8) is 0 Å². The Balaban J connectivity index is 2.80. The minimum Gasteiger partial charge on any atom is -0.289 e. The van der Waals surface area contributed by atoms with Crippen LogP contribution in [-0.2, 0) is 0 Å². The SMILES string of the molecule is CCCC(C#N)C(=O)c1ncccn1. The van der Waals surface area contributed by atoms with Crippen LogP contribution >= 0.6 is 0 Å². The number of nitrogens with zero attached hydrogens (tertiary/aromatic N) is 3. The van der Waals surface area contributed by atoms with Gasteiger partial charge in [-0.25, -0.2) is 9.97 Å². The molecule has 0 fully saturated rings. The smallest absolute Gasteiger partial charge is 0.217 e. The van der Waals surface area contributed by atoms with Crippen LogP contribution in [0.5, 0.6) is 0 Å². The highest BCUT2D eigenvalue weighted by Gasteiger charge is 2.20. The second-order valence-electron chi connectivity index (χ2n) is 2.91. The minimum atomic E-state index is -0.609. The van der Waals surface area contributed by atoms with Gasteiger partial charge in [-0.15, -0.1) is 0 Å². The highest BCUT2D eigenvalue weighted by Crippen LogP contribution is 2.09. The summed E-state index contributed by atoms with van der Waals surface area (Å²) in [6, 6.07) is 3.61. The Morgan fingerprint density at radius 3 is 2.71 bits per heavy atom. The van der Waals surface area contributed by atoms with Gasteiger partial charge >= 0.3 is 0 Å². The molecule has 0 amide bonds. The van der Waals surface area contributed by atoms with Crippen LogP contribution in [0.4, 0.5) is 0 Å². The van der Waals surface area contributed by atoms with E-state index in [1.807, 2.05) is 13.0 Å². The number of rotatable bonds is 4. The van der Waals surface area contributed by atoms with Gasteiger partial charge in [0.25, 0.3) is 0 Å². The molecule has 0 saturated carbocycles. The van der Waals surface area contributed by atoms with Crippen LogP contribution in [0, 0.1) is 17.2 Å². The molecule has 72 valence electrons. The van der Waals surface area contributed by atoms with Crippen molar-refractivity contribution < 1.29 is 4.79 Å². The van der Waals surface area contributed by atoms with Gasteiger partial charge in [0.05, 0.1) is 6.07 Å². The lowest BCUT2D eigenvalue weighted by atomic mass is 10.00. The predicted molar refractivity (Wildman–Crippen MR) is 50.4 cm³/mol. The maximum absolute atomic E-state index is 11.6. The van der Waals surface area contributed by atoms with Crippen molar-refractivity contribution in [1.29, 1.82) is 5.26 Å². The molecule has 0 aliphatic heterocycles. The standard InChI is InChI=1S/C10H11N3O/c1-2-4-8(7-11)9(14)10-12-5-3-6-13-10/h3,5-6,8H,2,4H2,1H3. The lowest BCUT2D eigenvalue weighted by Gasteiger charge is -2.03. The minimum absolute atomic E-state index is 0.132. The van der Waals surface area contributed by atoms with Crippen molar-refractivity contribution in [2.24, 2.45) is 5.92 Å². The van der Waals surface area contributed by atoms with E-state index in [4.69, 9.17) is 5.26 Å². The highest BCUT2D eigenvalue weighted by atomic mass is 16.1. The molecule has 1 heterocycles. The van der Waals surface area contributed by atoms with Crippen molar-refractivity contribution >= 4 is 5.78 Å². The summed E-state index contributed by atoms with van der Waals surface area (Å²) in [6.45, 7) is 1.93. The van der Waals surface area contributed by atoms with Crippen LogP contribution < -0.4 is 0 Å². The molecule has 1 unspecified atom stereocenters. The largest absolute Gasteiger partial charge is 0.289 e. The topological polar surface area (TPSA) is 66.6 Å². The van der Waals surface area contributed by atoms with Gasteiger partial charge in [-0.2, -0.15) is 5.26 Å². The van der Waals surface area contributed by atoms with Gasteiger partial charge in [-0.1, -0.05) is 13.3 Å². The van der Waals surface area contributed by atoms with Crippen LogP contribution in [0.15, 0.2) is 18.5 Å². The van der Waals surface area contributed by atoms with E-state index in [1.54, 1.807) is 6.07 Å². The molecule has 1 atom stereocenters. The Bertz CT molecular complexity index is 342. The van der Waals surface area contributed by atoms with Crippen molar-refractivity contribution in [1.82, 2.24) is 9.97 Å². The third kappa shape index (κ3) is 2.36. The molecule has 1 aromatic heterocycles. The van der Waals surface area contributed by atoms with Crippen molar-refractivity contribution in [2.45, 2.75) is 19.8 Å². The number of hydrogen-bond acceptors (Lipinski definition) is 4. The number of carbonyl (C=O) groups is 1. The molecule has 0 saturated heterocycles. The fourth-order valence-corrected chi connectivity index (χ4v) is 1.13. The molecule has 0 spiro atoms. The first-order valence-corrected chi connectivity index (χ1v) is 4.50. The lowest BCUT2D eigenvalue weighted by Crippen LogP contribution is -2.15. The van der Waals surface area contributed by atoms with E-state index in [0.29, 0.717) is 6.42 Å². The zero-order valence-electron chi connectivity index (χ0n) is 7.97. The lowest BCUT2D eigenvalue weighted by molar-refractivity contribution is 0.0933. The number of hydrogen-bond donors (Lipinski definition) is 0. The third-order valence-corrected chi connectivity index (χ3v) is 1.84. The van der Waals surface area contributed by atoms with Crippen LogP contribution in [0.2, 0.25) is 0 Å². The highest BCUT2D eigenvalue weighted by molar-refractivity contribution is 5.95. The van der Waals surface area contributed by atoms with Crippen LogP contribution in [-0.4, -0.2) is 15.8 Å². The Labute approximate surface area is 82.6 Å². The van der Waals surface area contributed by atoms with Crippen molar-refractivity contribution in [2.75, 3.05) is 0 Å². The monoisotopic (exact) mass is 189 g/mol. The molecular formula is C10H11N3O. The van der Waals surface area contributed by atoms with Crippen molar-refractivity contribution in [3.05, 3.63) is 24.3 Å². The zero-order valence-corrected chi connectivity index (χ0v) is 7.97. The molecule has 0 radical (unpaired) electrons. The zero-order chi connectivity index (χ0) is 10.4. The van der Waals surface area contributed by atoms with E-state index in [2.05, 4.69) is 9.97 Å². The second kappa shape index (κ2) is 5.07. The molecule has 0 aromatic carbocycles. The first-order chi connectivity index (χ1) is 6.79. The first-order valence-electron chi connectivity index (χ1n) is 4.50. The van der Waals surface area contributed by atoms with Gasteiger partial charge in [0.1, 0.15) is 5.92 Å². The third-order valence-electron chi connectivity index (χ3n) is 1.84. The Hall–Kier alpha value is -1.76. The van der Waals surface area contributed by atoms with Crippen LogP contribution in [0.25, 0.3) is 0 Å². The summed E-state index contributed by atoms with van der Waals surface area (Å²) in [7, 11) is 0. The number of nitriles is 1. The molecule has 0 bridgehead atoms. The molecule has 0 aliphatic carbocycles. The maximum Gasteiger partial charge on any atom is 0.217 e. The summed E-state index contributed by atoms with van der Waals surface area (Å²) in [5.41, 5.74) is 0. The molecule has 0 N–H and O–H groups in total. The molecule has 1 rings (SSSR count). The van der Waals surface area contributed by atoms with Crippen molar-refractivity contribution in [3.8, 4) is 6.07 Å². The Morgan fingerprint density at radius 1 is 1.57 bits per heavy atom. The second-order valence-corrected chi connectivity index (χ2v) is 2.91. The van der Waals surface area contributed by atoms with E-state index < -0.39 is 5.92 Å². The van der Waals surface area contributed by atoms with Gasteiger partial charge in [-0.3, -0.25) is 4.79 Å². The van der Waals surface area contributed by atoms with E-state index in [-0.39, 0.29) is 11.6 Å². The Morgan fingerprint density at radius 2 is 2.21 bits per heavy atom. The summed E-state index contributed by atoms with van der Waals surface area (Å²) >= 11 is 0. The van der Waals surface area contributed by atoms with E-state index >= 15 is 0 Å². The summed E-state index contributed by atoms with van der Waals surface area (Å²) in [5, 5.41) is 8.76. The van der Waals surface area contributed by atoms with Gasteiger partial charge in [-0.05, 0) is 12.5 Å². The summed E-state index contributed by atoms with van der Waals surface area (Å²) in [6.07, 6.45) is 4.37. The number of Topliss-reactive ketones (excluding diaryl/α,β-unsaturated/α-hetero) is 1. The first kappa shape index (κ1) is 10.3. The predicted octanol–water partition coefficient (Wildman–Crippen LogP) is 1.60. The van der Waals surface area contributed by atoms with Gasteiger partial charge in [0, 0.05) is 12.4 Å². The summed E-state index contributed by atoms with van der Waals surface area (Å²) in [5.74, 6) is -0.759. The summed E-state index contributed by atoms with van der Waals surface area (Å²) < 4.78 is 0. The molecular weight excluding hydrogens is 178 g/mol. The molecule has 14 heavy (non-hydrogen) atoms. The van der Waals surface area contributed by atoms with E-state index in [9.17, 15) is 4.79 Å². The molecule has 4 nitrogen and oxygen atoms in total.